The van der Waals surface area contributed by atoms with Gasteiger partial charge in [-0.1, -0.05) is 6.92 Å². The minimum atomic E-state index is 0.273. The molecule has 0 fully saturated rings. The topological polar surface area (TPSA) is 73.2 Å². The Labute approximate surface area is 98.5 Å². The Morgan fingerprint density at radius 1 is 1.35 bits per heavy atom. The summed E-state index contributed by atoms with van der Waals surface area (Å²) in [6.07, 6.45) is 0.837. The summed E-state index contributed by atoms with van der Waals surface area (Å²) in [5, 5.41) is 7.18. The maximum atomic E-state index is 6.03. The molecule has 0 saturated carbocycles. The highest BCUT2D eigenvalue weighted by Crippen LogP contribution is 2.37. The Morgan fingerprint density at radius 2 is 2.18 bits per heavy atom. The maximum Gasteiger partial charge on any atom is 0.231 e. The van der Waals surface area contributed by atoms with Crippen LogP contribution in [0.15, 0.2) is 18.2 Å². The number of hydrogen-bond acceptors (Lipinski definition) is 4. The molecule has 0 aliphatic carbocycles. The average molecular weight is 231 g/mol. The van der Waals surface area contributed by atoms with Gasteiger partial charge in [-0.15, -0.1) is 0 Å². The molecule has 3 rings (SSSR count). The van der Waals surface area contributed by atoms with E-state index in [0.717, 1.165) is 34.9 Å². The van der Waals surface area contributed by atoms with Crippen LogP contribution >= 0.6 is 0 Å². The summed E-state index contributed by atoms with van der Waals surface area (Å²) in [6, 6.07) is 5.70. The second kappa shape index (κ2) is 3.69. The third-order valence-electron chi connectivity index (χ3n) is 2.88. The highest BCUT2D eigenvalue weighted by Gasteiger charge is 2.17. The van der Waals surface area contributed by atoms with Gasteiger partial charge >= 0.3 is 0 Å². The zero-order chi connectivity index (χ0) is 11.8. The first-order chi connectivity index (χ1) is 8.29. The lowest BCUT2D eigenvalue weighted by atomic mass is 10.1. The van der Waals surface area contributed by atoms with Crippen LogP contribution < -0.4 is 15.2 Å². The largest absolute Gasteiger partial charge is 0.454 e. The van der Waals surface area contributed by atoms with Crippen LogP contribution in [0.3, 0.4) is 0 Å². The average Bonchev–Trinajstić information content (AvgIpc) is 2.94. The van der Waals surface area contributed by atoms with Crippen molar-refractivity contribution in [2.45, 2.75) is 13.3 Å². The van der Waals surface area contributed by atoms with Crippen molar-refractivity contribution < 1.29 is 9.47 Å². The lowest BCUT2D eigenvalue weighted by Crippen LogP contribution is -1.93. The number of aromatic nitrogens is 2. The van der Waals surface area contributed by atoms with Gasteiger partial charge in [-0.3, -0.25) is 5.10 Å². The molecular formula is C12H13N3O2. The molecule has 0 radical (unpaired) electrons. The molecule has 0 atom stereocenters. The molecule has 0 unspecified atom stereocenters. The predicted octanol–water partition coefficient (Wildman–Crippen LogP) is 1.95. The molecule has 2 aromatic rings. The molecule has 1 aliphatic rings. The molecule has 5 nitrogen and oxygen atoms in total. The molecule has 88 valence electrons. The number of nitrogen functional groups attached to an aromatic ring is 1. The summed E-state index contributed by atoms with van der Waals surface area (Å²) in [4.78, 5) is 0. The van der Waals surface area contributed by atoms with Gasteiger partial charge in [0.15, 0.2) is 11.5 Å². The van der Waals surface area contributed by atoms with Crippen molar-refractivity contribution in [3.8, 4) is 22.8 Å². The summed E-state index contributed by atoms with van der Waals surface area (Å²) < 4.78 is 10.6. The molecule has 1 aromatic carbocycles. The third kappa shape index (κ3) is 1.51. The number of aromatic amines is 1. The number of nitrogens with zero attached hydrogens (tertiary/aromatic N) is 1. The van der Waals surface area contributed by atoms with Gasteiger partial charge in [-0.25, -0.2) is 0 Å². The monoisotopic (exact) mass is 231 g/mol. The Hall–Kier alpha value is -2.17. The summed E-state index contributed by atoms with van der Waals surface area (Å²) in [5.41, 5.74) is 9.38. The fourth-order valence-electron chi connectivity index (χ4n) is 1.92. The van der Waals surface area contributed by atoms with Crippen molar-refractivity contribution in [1.29, 1.82) is 0 Å². The van der Waals surface area contributed by atoms with Crippen LogP contribution in [0.25, 0.3) is 11.3 Å². The number of anilines is 1. The Balaban J connectivity index is 2.06. The van der Waals surface area contributed by atoms with Gasteiger partial charge in [-0.2, -0.15) is 5.10 Å². The van der Waals surface area contributed by atoms with Crippen LogP contribution in [0.1, 0.15) is 12.6 Å². The van der Waals surface area contributed by atoms with E-state index in [-0.39, 0.29) is 6.79 Å². The van der Waals surface area contributed by atoms with Gasteiger partial charge in [-0.05, 0) is 24.6 Å². The number of hydrogen-bond donors (Lipinski definition) is 2. The predicted molar refractivity (Wildman–Crippen MR) is 63.9 cm³/mol. The molecule has 2 heterocycles. The number of rotatable bonds is 2. The molecule has 1 aromatic heterocycles. The van der Waals surface area contributed by atoms with E-state index < -0.39 is 0 Å². The van der Waals surface area contributed by atoms with Crippen molar-refractivity contribution in [2.75, 3.05) is 12.5 Å². The highest BCUT2D eigenvalue weighted by atomic mass is 16.7. The molecule has 0 bridgehead atoms. The second-order valence-electron chi connectivity index (χ2n) is 3.89. The smallest absolute Gasteiger partial charge is 0.231 e. The van der Waals surface area contributed by atoms with E-state index in [9.17, 15) is 0 Å². The van der Waals surface area contributed by atoms with Crippen molar-refractivity contribution in [3.05, 3.63) is 23.9 Å². The minimum Gasteiger partial charge on any atom is -0.454 e. The number of benzene rings is 1. The summed E-state index contributed by atoms with van der Waals surface area (Å²) in [5.74, 6) is 1.50. The number of nitrogens with two attached hydrogens (primary N) is 1. The van der Waals surface area contributed by atoms with Crippen molar-refractivity contribution >= 4 is 5.69 Å². The molecule has 17 heavy (non-hydrogen) atoms. The van der Waals surface area contributed by atoms with E-state index in [2.05, 4.69) is 10.2 Å². The van der Waals surface area contributed by atoms with Gasteiger partial charge in [0.05, 0.1) is 11.4 Å². The van der Waals surface area contributed by atoms with E-state index in [1.165, 1.54) is 0 Å². The van der Waals surface area contributed by atoms with Crippen molar-refractivity contribution in [3.63, 3.8) is 0 Å². The lowest BCUT2D eigenvalue weighted by Gasteiger charge is -2.01. The van der Waals surface area contributed by atoms with Crippen molar-refractivity contribution in [2.24, 2.45) is 0 Å². The van der Waals surface area contributed by atoms with Crippen LogP contribution in [0.5, 0.6) is 11.5 Å². The van der Waals surface area contributed by atoms with Crippen LogP contribution in [-0.2, 0) is 6.42 Å². The summed E-state index contributed by atoms with van der Waals surface area (Å²) >= 11 is 0. The van der Waals surface area contributed by atoms with E-state index in [1.54, 1.807) is 0 Å². The SMILES string of the molecule is CCc1[nH]nc(-c2ccc3c(c2)OCO3)c1N. The third-order valence-corrected chi connectivity index (χ3v) is 2.88. The fraction of sp³-hybridized carbons (Fsp3) is 0.250. The van der Waals surface area contributed by atoms with E-state index in [0.29, 0.717) is 5.69 Å². The molecule has 0 spiro atoms. The first-order valence-electron chi connectivity index (χ1n) is 5.52. The highest BCUT2D eigenvalue weighted by molar-refractivity contribution is 5.76. The first-order valence-corrected chi connectivity index (χ1v) is 5.52. The molecule has 3 N–H and O–H groups in total. The normalized spacial score (nSPS) is 13.0. The van der Waals surface area contributed by atoms with Crippen LogP contribution in [0.2, 0.25) is 0 Å². The molecule has 1 aliphatic heterocycles. The van der Waals surface area contributed by atoms with Gasteiger partial charge < -0.3 is 15.2 Å². The van der Waals surface area contributed by atoms with Crippen molar-refractivity contribution in [1.82, 2.24) is 10.2 Å². The Bertz CT molecular complexity index is 563. The van der Waals surface area contributed by atoms with Crippen LogP contribution in [-0.4, -0.2) is 17.0 Å². The standard InChI is InChI=1S/C12H13N3O2/c1-2-8-11(13)12(15-14-8)7-3-4-9-10(5-7)17-6-16-9/h3-5H,2,6,13H2,1H3,(H,14,15). The molecule has 5 heteroatoms. The quantitative estimate of drug-likeness (QED) is 0.828. The van der Waals surface area contributed by atoms with Crippen LogP contribution in [0.4, 0.5) is 5.69 Å². The van der Waals surface area contributed by atoms with Gasteiger partial charge in [0.25, 0.3) is 0 Å². The van der Waals surface area contributed by atoms with Gasteiger partial charge in [0.1, 0.15) is 5.69 Å². The summed E-state index contributed by atoms with van der Waals surface area (Å²) in [7, 11) is 0. The van der Waals surface area contributed by atoms with Gasteiger partial charge in [0, 0.05) is 5.56 Å². The Morgan fingerprint density at radius 3 is 2.94 bits per heavy atom. The fourth-order valence-corrected chi connectivity index (χ4v) is 1.92. The second-order valence-corrected chi connectivity index (χ2v) is 3.89. The van der Waals surface area contributed by atoms with Crippen LogP contribution in [0, 0.1) is 0 Å². The number of fused-ring (bicyclic) bond motifs is 1. The number of aryl methyl sites for hydroxylation is 1. The molecule has 0 amide bonds. The van der Waals surface area contributed by atoms with E-state index >= 15 is 0 Å². The van der Waals surface area contributed by atoms with E-state index in [1.807, 2.05) is 25.1 Å². The number of H-pyrrole nitrogens is 1. The zero-order valence-corrected chi connectivity index (χ0v) is 9.49. The maximum absolute atomic E-state index is 6.03. The lowest BCUT2D eigenvalue weighted by molar-refractivity contribution is 0.174. The Kier molecular flexibility index (Phi) is 2.18. The number of ether oxygens (including phenoxy) is 2. The minimum absolute atomic E-state index is 0.273. The zero-order valence-electron chi connectivity index (χ0n) is 9.49. The first kappa shape index (κ1) is 10.0. The van der Waals surface area contributed by atoms with Gasteiger partial charge in [0.2, 0.25) is 6.79 Å². The molecule has 0 saturated heterocycles. The summed E-state index contributed by atoms with van der Waals surface area (Å²) in [6.45, 7) is 2.31. The van der Waals surface area contributed by atoms with E-state index in [4.69, 9.17) is 15.2 Å². The molecular weight excluding hydrogens is 218 g/mol. The number of nitrogens with one attached hydrogen (secondary N) is 1.